The molecule has 1 saturated heterocycles. The first-order valence-corrected chi connectivity index (χ1v) is 11.4. The Kier molecular flexibility index (Phi) is 7.42. The van der Waals surface area contributed by atoms with Crippen LogP contribution < -0.4 is 0 Å². The molecule has 1 aliphatic heterocycles. The monoisotopic (exact) mass is 462 g/mol. The summed E-state index contributed by atoms with van der Waals surface area (Å²) < 4.78 is 16.8. The molecule has 168 valence electrons. The number of esters is 3. The Bertz CT molecular complexity index is 1090. The van der Waals surface area contributed by atoms with Crippen LogP contribution in [0.3, 0.4) is 0 Å². The molecule has 0 N–H and O–H groups in total. The second-order valence-electron chi connectivity index (χ2n) is 7.39. The fraction of sp³-hybridized carbons (Fsp3) is 0.192. The Labute approximate surface area is 195 Å². The first-order chi connectivity index (χ1) is 16.1. The maximum atomic E-state index is 12.6. The average Bonchev–Trinajstić information content (AvgIpc) is 3.24. The topological polar surface area (TPSA) is 78.9 Å². The lowest BCUT2D eigenvalue weighted by molar-refractivity contribution is 0.0136. The summed E-state index contributed by atoms with van der Waals surface area (Å²) in [6.45, 7) is 0.0184. The van der Waals surface area contributed by atoms with Crippen LogP contribution in [0.2, 0.25) is 0 Å². The van der Waals surface area contributed by atoms with Crippen molar-refractivity contribution in [3.8, 4) is 0 Å². The van der Waals surface area contributed by atoms with Crippen molar-refractivity contribution in [3.05, 3.63) is 108 Å². The van der Waals surface area contributed by atoms with E-state index in [-0.39, 0.29) is 11.9 Å². The Balaban J connectivity index is 1.43. The first kappa shape index (κ1) is 22.6. The second kappa shape index (κ2) is 10.8. The van der Waals surface area contributed by atoms with E-state index in [2.05, 4.69) is 0 Å². The zero-order valence-corrected chi connectivity index (χ0v) is 18.5. The third-order valence-electron chi connectivity index (χ3n) is 5.07. The summed E-state index contributed by atoms with van der Waals surface area (Å²) in [5.74, 6) is -1.40. The quantitative estimate of drug-likeness (QED) is 0.370. The molecule has 7 heteroatoms. The van der Waals surface area contributed by atoms with E-state index in [1.807, 2.05) is 18.2 Å². The van der Waals surface area contributed by atoms with Gasteiger partial charge in [-0.3, -0.25) is 0 Å². The second-order valence-corrected chi connectivity index (χ2v) is 8.79. The smallest absolute Gasteiger partial charge is 0.339 e. The molecule has 0 bridgehead atoms. The lowest BCUT2D eigenvalue weighted by Crippen LogP contribution is -2.29. The van der Waals surface area contributed by atoms with Crippen molar-refractivity contribution in [1.29, 1.82) is 0 Å². The van der Waals surface area contributed by atoms with Crippen LogP contribution in [0.25, 0.3) is 0 Å². The van der Waals surface area contributed by atoms with E-state index in [4.69, 9.17) is 14.2 Å². The molecule has 3 aromatic carbocycles. The fourth-order valence-electron chi connectivity index (χ4n) is 3.38. The van der Waals surface area contributed by atoms with E-state index < -0.39 is 29.4 Å². The highest BCUT2D eigenvalue weighted by molar-refractivity contribution is 8.00. The number of carbonyl (C=O) groups excluding carboxylic acids is 3. The molecule has 0 spiro atoms. The number of benzene rings is 3. The van der Waals surface area contributed by atoms with Crippen LogP contribution in [0.5, 0.6) is 0 Å². The molecule has 0 radical (unpaired) electrons. The minimum absolute atomic E-state index is 0.0184. The van der Waals surface area contributed by atoms with Crippen molar-refractivity contribution in [2.45, 2.75) is 23.2 Å². The number of rotatable bonds is 7. The van der Waals surface area contributed by atoms with Crippen molar-refractivity contribution >= 4 is 29.7 Å². The van der Waals surface area contributed by atoms with Crippen LogP contribution in [0, 0.1) is 0 Å². The van der Waals surface area contributed by atoms with E-state index in [1.165, 1.54) is 11.8 Å². The van der Waals surface area contributed by atoms with Gasteiger partial charge in [-0.1, -0.05) is 54.6 Å². The molecule has 4 rings (SSSR count). The van der Waals surface area contributed by atoms with Crippen LogP contribution in [0.1, 0.15) is 37.5 Å². The van der Waals surface area contributed by atoms with Crippen molar-refractivity contribution in [3.63, 3.8) is 0 Å². The van der Waals surface area contributed by atoms with Crippen molar-refractivity contribution in [1.82, 2.24) is 0 Å². The van der Waals surface area contributed by atoms with Gasteiger partial charge < -0.3 is 14.2 Å². The third-order valence-corrected chi connectivity index (χ3v) is 6.45. The van der Waals surface area contributed by atoms with Gasteiger partial charge in [-0.15, -0.1) is 11.8 Å². The fourth-order valence-corrected chi connectivity index (χ4v) is 4.71. The van der Waals surface area contributed by atoms with E-state index in [0.717, 1.165) is 0 Å². The maximum absolute atomic E-state index is 12.6. The molecule has 6 nitrogen and oxygen atoms in total. The zero-order chi connectivity index (χ0) is 23.0. The summed E-state index contributed by atoms with van der Waals surface area (Å²) >= 11 is 1.32. The summed E-state index contributed by atoms with van der Waals surface area (Å²) in [6, 6.07) is 26.0. The SMILES string of the molecule is O=C(OC[C@H]1SC(OC(=O)c2ccccc2)C[C@H]1OC(=O)c1ccccc1)c1ccccc1. The first-order valence-electron chi connectivity index (χ1n) is 10.5. The number of carbonyl (C=O) groups is 3. The lowest BCUT2D eigenvalue weighted by Gasteiger charge is -2.18. The van der Waals surface area contributed by atoms with Crippen LogP contribution >= 0.6 is 11.8 Å². The molecule has 0 saturated carbocycles. The third kappa shape index (κ3) is 6.02. The molecule has 1 unspecified atom stereocenters. The molecule has 1 aliphatic rings. The van der Waals surface area contributed by atoms with Gasteiger partial charge in [-0.2, -0.15) is 0 Å². The van der Waals surface area contributed by atoms with Gasteiger partial charge in [0, 0.05) is 6.42 Å². The van der Waals surface area contributed by atoms with Gasteiger partial charge in [-0.25, -0.2) is 14.4 Å². The van der Waals surface area contributed by atoms with Crippen LogP contribution in [0.15, 0.2) is 91.0 Å². The minimum atomic E-state index is -0.583. The number of thioether (sulfide) groups is 1. The Morgan fingerprint density at radius 2 is 1.12 bits per heavy atom. The van der Waals surface area contributed by atoms with Crippen molar-refractivity contribution in [2.75, 3.05) is 6.61 Å². The standard InChI is InChI=1S/C26H22O6S/c27-24(18-10-4-1-5-11-18)30-17-22-21(31-25(28)19-12-6-2-7-13-19)16-23(33-22)32-26(29)20-14-8-3-9-15-20/h1-15,21-23H,16-17H2/t21-,22-,23?/m1/s1. The van der Waals surface area contributed by atoms with E-state index in [0.29, 0.717) is 23.1 Å². The van der Waals surface area contributed by atoms with Gasteiger partial charge in [0.05, 0.1) is 21.9 Å². The normalized spacial score (nSPS) is 19.5. The van der Waals surface area contributed by atoms with Crippen LogP contribution in [-0.4, -0.2) is 41.3 Å². The predicted octanol–water partition coefficient (Wildman–Crippen LogP) is 4.76. The summed E-state index contributed by atoms with van der Waals surface area (Å²) in [6.07, 6.45) is -0.283. The molecule has 3 aromatic rings. The Hall–Kier alpha value is -3.58. The lowest BCUT2D eigenvalue weighted by atomic mass is 10.2. The zero-order valence-electron chi connectivity index (χ0n) is 17.7. The summed E-state index contributed by atoms with van der Waals surface area (Å²) in [7, 11) is 0. The average molecular weight is 463 g/mol. The molecular formula is C26H22O6S. The number of hydrogen-bond donors (Lipinski definition) is 0. The van der Waals surface area contributed by atoms with Gasteiger partial charge in [-0.05, 0) is 36.4 Å². The van der Waals surface area contributed by atoms with Gasteiger partial charge in [0.15, 0.2) is 5.44 Å². The van der Waals surface area contributed by atoms with E-state index >= 15 is 0 Å². The van der Waals surface area contributed by atoms with Crippen LogP contribution in [0.4, 0.5) is 0 Å². The van der Waals surface area contributed by atoms with Gasteiger partial charge in [0.2, 0.25) is 0 Å². The highest BCUT2D eigenvalue weighted by atomic mass is 32.2. The number of ether oxygens (including phenoxy) is 3. The molecule has 0 aromatic heterocycles. The highest BCUT2D eigenvalue weighted by Crippen LogP contribution is 2.38. The minimum Gasteiger partial charge on any atom is -0.461 e. The largest absolute Gasteiger partial charge is 0.461 e. The molecule has 1 fully saturated rings. The van der Waals surface area contributed by atoms with E-state index in [1.54, 1.807) is 72.8 Å². The van der Waals surface area contributed by atoms with Gasteiger partial charge in [0.25, 0.3) is 0 Å². The molecule has 33 heavy (non-hydrogen) atoms. The molecule has 3 atom stereocenters. The Morgan fingerprint density at radius 1 is 0.667 bits per heavy atom. The van der Waals surface area contributed by atoms with Crippen molar-refractivity contribution < 1.29 is 28.6 Å². The summed E-state index contributed by atoms with van der Waals surface area (Å²) in [4.78, 5) is 37.5. The maximum Gasteiger partial charge on any atom is 0.339 e. The summed E-state index contributed by atoms with van der Waals surface area (Å²) in [5.41, 5.74) is 0.763. The molecule has 0 amide bonds. The van der Waals surface area contributed by atoms with Crippen LogP contribution in [-0.2, 0) is 14.2 Å². The van der Waals surface area contributed by atoms with Crippen molar-refractivity contribution in [2.24, 2.45) is 0 Å². The highest BCUT2D eigenvalue weighted by Gasteiger charge is 2.41. The predicted molar refractivity (Wildman–Crippen MR) is 124 cm³/mol. The number of hydrogen-bond acceptors (Lipinski definition) is 7. The molecule has 1 heterocycles. The molecular weight excluding hydrogens is 440 g/mol. The summed E-state index contributed by atoms with van der Waals surface area (Å²) in [5, 5.41) is -0.376. The molecule has 0 aliphatic carbocycles. The van der Waals surface area contributed by atoms with Gasteiger partial charge >= 0.3 is 17.9 Å². The van der Waals surface area contributed by atoms with E-state index in [9.17, 15) is 14.4 Å². The Morgan fingerprint density at radius 3 is 1.64 bits per heavy atom. The van der Waals surface area contributed by atoms with Gasteiger partial charge in [0.1, 0.15) is 12.7 Å².